The molecule has 0 aliphatic heterocycles. The predicted octanol–water partition coefficient (Wildman–Crippen LogP) is 3.40. The molecule has 1 aromatic heterocycles. The van der Waals surface area contributed by atoms with Gasteiger partial charge in [0.1, 0.15) is 5.82 Å². The predicted molar refractivity (Wildman–Crippen MR) is 85.2 cm³/mol. The van der Waals surface area contributed by atoms with Gasteiger partial charge in [-0.05, 0) is 53.2 Å². The Labute approximate surface area is 131 Å². The van der Waals surface area contributed by atoms with Gasteiger partial charge < -0.3 is 10.6 Å². The van der Waals surface area contributed by atoms with Gasteiger partial charge in [0.05, 0.1) is 17.2 Å². The fraction of sp³-hybridized carbons (Fsp3) is 0.133. The van der Waals surface area contributed by atoms with Gasteiger partial charge in [-0.1, -0.05) is 0 Å². The van der Waals surface area contributed by atoms with Crippen LogP contribution in [0.5, 0.6) is 0 Å². The molecule has 0 aliphatic carbocycles. The Hall–Kier alpha value is -2.39. The minimum Gasteiger partial charge on any atom is -0.370 e. The normalized spacial score (nSPS) is 9.76. The molecule has 5 nitrogen and oxygen atoms in total. The number of anilines is 2. The van der Waals surface area contributed by atoms with Crippen LogP contribution < -0.4 is 10.6 Å². The van der Waals surface area contributed by atoms with Gasteiger partial charge in [0.25, 0.3) is 5.91 Å². The number of carbonyl (C=O) groups excluding carboxylic acids is 1. The molecule has 0 atom stereocenters. The number of nitrogens with one attached hydrogen (secondary N) is 2. The molecule has 0 saturated carbocycles. The van der Waals surface area contributed by atoms with Crippen molar-refractivity contribution in [1.29, 1.82) is 5.26 Å². The van der Waals surface area contributed by atoms with E-state index in [1.165, 1.54) is 0 Å². The van der Waals surface area contributed by atoms with Crippen LogP contribution in [0.15, 0.2) is 41.0 Å². The quantitative estimate of drug-likeness (QED) is 0.890. The van der Waals surface area contributed by atoms with Crippen LogP contribution in [-0.4, -0.2) is 17.4 Å². The molecule has 0 bridgehead atoms. The van der Waals surface area contributed by atoms with Gasteiger partial charge in [-0.15, -0.1) is 0 Å². The number of carbonyl (C=O) groups is 1. The monoisotopic (exact) mass is 344 g/mol. The summed E-state index contributed by atoms with van der Waals surface area (Å²) in [6, 6.07) is 10.4. The molecule has 0 spiro atoms. The van der Waals surface area contributed by atoms with E-state index in [1.807, 2.05) is 13.0 Å². The molecule has 1 aromatic carbocycles. The SMILES string of the molecule is CCNc1ncc(Br)cc1C(=O)Nc1ccc(C#N)cc1. The van der Waals surface area contributed by atoms with E-state index < -0.39 is 0 Å². The maximum absolute atomic E-state index is 12.3. The number of rotatable bonds is 4. The van der Waals surface area contributed by atoms with Crippen molar-refractivity contribution < 1.29 is 4.79 Å². The molecule has 106 valence electrons. The minimum atomic E-state index is -0.260. The molecule has 1 amide bonds. The van der Waals surface area contributed by atoms with Gasteiger partial charge in [-0.3, -0.25) is 4.79 Å². The maximum atomic E-state index is 12.3. The van der Waals surface area contributed by atoms with Crippen LogP contribution in [0.25, 0.3) is 0 Å². The standard InChI is InChI=1S/C15H13BrN4O/c1-2-18-14-13(7-11(16)9-19-14)15(21)20-12-5-3-10(8-17)4-6-12/h3-7,9H,2H2,1H3,(H,18,19)(H,20,21). The van der Waals surface area contributed by atoms with E-state index in [0.29, 0.717) is 29.2 Å². The number of halogens is 1. The number of nitrogens with zero attached hydrogens (tertiary/aromatic N) is 2. The summed E-state index contributed by atoms with van der Waals surface area (Å²) >= 11 is 3.31. The van der Waals surface area contributed by atoms with E-state index in [1.54, 1.807) is 36.5 Å². The summed E-state index contributed by atoms with van der Waals surface area (Å²) in [5.41, 5.74) is 1.63. The second-order valence-corrected chi connectivity index (χ2v) is 5.14. The van der Waals surface area contributed by atoms with Crippen molar-refractivity contribution in [2.75, 3.05) is 17.2 Å². The van der Waals surface area contributed by atoms with Gasteiger partial charge >= 0.3 is 0 Å². The average Bonchev–Trinajstić information content (AvgIpc) is 2.50. The van der Waals surface area contributed by atoms with Crippen molar-refractivity contribution in [3.8, 4) is 6.07 Å². The zero-order valence-corrected chi connectivity index (χ0v) is 12.9. The second kappa shape index (κ2) is 6.86. The molecular weight excluding hydrogens is 332 g/mol. The minimum absolute atomic E-state index is 0.260. The van der Waals surface area contributed by atoms with Gasteiger partial charge in [0.15, 0.2) is 0 Å². The van der Waals surface area contributed by atoms with Crippen LogP contribution in [-0.2, 0) is 0 Å². The molecule has 1 heterocycles. The fourth-order valence-electron chi connectivity index (χ4n) is 1.75. The van der Waals surface area contributed by atoms with E-state index in [2.05, 4.69) is 31.5 Å². The first-order chi connectivity index (χ1) is 10.1. The van der Waals surface area contributed by atoms with Crippen LogP contribution in [0.2, 0.25) is 0 Å². The van der Waals surface area contributed by atoms with Crippen LogP contribution in [0.3, 0.4) is 0 Å². The Bertz CT molecular complexity index is 692. The van der Waals surface area contributed by atoms with Crippen LogP contribution in [0.1, 0.15) is 22.8 Å². The molecule has 0 unspecified atom stereocenters. The number of amides is 1. The Morgan fingerprint density at radius 1 is 1.38 bits per heavy atom. The largest absolute Gasteiger partial charge is 0.370 e. The Morgan fingerprint density at radius 3 is 2.71 bits per heavy atom. The summed E-state index contributed by atoms with van der Waals surface area (Å²) in [4.78, 5) is 16.5. The first kappa shape index (κ1) is 15.0. The smallest absolute Gasteiger partial charge is 0.259 e. The lowest BCUT2D eigenvalue weighted by Gasteiger charge is -2.10. The third-order valence-electron chi connectivity index (χ3n) is 2.72. The van der Waals surface area contributed by atoms with Crippen molar-refractivity contribution in [3.05, 3.63) is 52.1 Å². The molecule has 21 heavy (non-hydrogen) atoms. The van der Waals surface area contributed by atoms with Crippen LogP contribution in [0.4, 0.5) is 11.5 Å². The highest BCUT2D eigenvalue weighted by molar-refractivity contribution is 9.10. The zero-order chi connectivity index (χ0) is 15.2. The summed E-state index contributed by atoms with van der Waals surface area (Å²) in [6.07, 6.45) is 1.64. The Balaban J connectivity index is 2.23. The lowest BCUT2D eigenvalue weighted by Crippen LogP contribution is -2.15. The lowest BCUT2D eigenvalue weighted by atomic mass is 10.2. The number of benzene rings is 1. The summed E-state index contributed by atoms with van der Waals surface area (Å²) in [5, 5.41) is 14.6. The van der Waals surface area contributed by atoms with E-state index >= 15 is 0 Å². The van der Waals surface area contributed by atoms with Crippen molar-refractivity contribution in [2.24, 2.45) is 0 Å². The molecule has 6 heteroatoms. The first-order valence-electron chi connectivity index (χ1n) is 6.35. The van der Waals surface area contributed by atoms with Crippen molar-refractivity contribution in [2.45, 2.75) is 6.92 Å². The zero-order valence-electron chi connectivity index (χ0n) is 11.4. The fourth-order valence-corrected chi connectivity index (χ4v) is 2.08. The average molecular weight is 345 g/mol. The van der Waals surface area contributed by atoms with Gasteiger partial charge in [0.2, 0.25) is 0 Å². The van der Waals surface area contributed by atoms with Crippen LogP contribution in [0, 0.1) is 11.3 Å². The lowest BCUT2D eigenvalue weighted by molar-refractivity contribution is 0.102. The first-order valence-corrected chi connectivity index (χ1v) is 7.14. The second-order valence-electron chi connectivity index (χ2n) is 4.22. The third-order valence-corrected chi connectivity index (χ3v) is 3.15. The van der Waals surface area contributed by atoms with E-state index in [0.717, 1.165) is 4.47 Å². The summed E-state index contributed by atoms with van der Waals surface area (Å²) in [6.45, 7) is 2.61. The summed E-state index contributed by atoms with van der Waals surface area (Å²) in [7, 11) is 0. The highest BCUT2D eigenvalue weighted by atomic mass is 79.9. The molecule has 2 rings (SSSR count). The molecule has 0 aliphatic rings. The molecular formula is C15H13BrN4O. The van der Waals surface area contributed by atoms with E-state index in [-0.39, 0.29) is 5.91 Å². The van der Waals surface area contributed by atoms with Gasteiger partial charge in [-0.25, -0.2) is 4.98 Å². The van der Waals surface area contributed by atoms with Crippen molar-refractivity contribution in [3.63, 3.8) is 0 Å². The highest BCUT2D eigenvalue weighted by Crippen LogP contribution is 2.20. The summed E-state index contributed by atoms with van der Waals surface area (Å²) in [5.74, 6) is 0.274. The summed E-state index contributed by atoms with van der Waals surface area (Å²) < 4.78 is 0.731. The highest BCUT2D eigenvalue weighted by Gasteiger charge is 2.13. The van der Waals surface area contributed by atoms with Crippen molar-refractivity contribution in [1.82, 2.24) is 4.98 Å². The number of hydrogen-bond acceptors (Lipinski definition) is 4. The topological polar surface area (TPSA) is 77.8 Å². The molecule has 2 aromatic rings. The van der Waals surface area contributed by atoms with Gasteiger partial charge in [-0.2, -0.15) is 5.26 Å². The Morgan fingerprint density at radius 2 is 2.10 bits per heavy atom. The van der Waals surface area contributed by atoms with Crippen LogP contribution >= 0.6 is 15.9 Å². The van der Waals surface area contributed by atoms with Gasteiger partial charge in [0, 0.05) is 22.9 Å². The molecule has 0 saturated heterocycles. The van der Waals surface area contributed by atoms with Crippen molar-refractivity contribution >= 4 is 33.3 Å². The number of nitriles is 1. The number of pyridine rings is 1. The maximum Gasteiger partial charge on any atom is 0.259 e. The molecule has 0 radical (unpaired) electrons. The van der Waals surface area contributed by atoms with E-state index in [4.69, 9.17) is 5.26 Å². The van der Waals surface area contributed by atoms with E-state index in [9.17, 15) is 4.79 Å². The number of hydrogen-bond donors (Lipinski definition) is 2. The molecule has 2 N–H and O–H groups in total. The molecule has 0 fully saturated rings. The number of aromatic nitrogens is 1. The third kappa shape index (κ3) is 3.80. The Kier molecular flexibility index (Phi) is 4.90.